The lowest BCUT2D eigenvalue weighted by Crippen LogP contribution is -2.30. The average Bonchev–Trinajstić information content (AvgIpc) is 3.44. The van der Waals surface area contributed by atoms with Crippen molar-refractivity contribution >= 4 is 59.5 Å². The molecule has 304 valence electrons. The highest BCUT2D eigenvalue weighted by molar-refractivity contribution is 7.94. The Morgan fingerprint density at radius 1 is 0.836 bits per heavy atom. The van der Waals surface area contributed by atoms with Crippen molar-refractivity contribution in [3.05, 3.63) is 83.6 Å². The Hall–Kier alpha value is -2.95. The van der Waals surface area contributed by atoms with E-state index in [2.05, 4.69) is 16.3 Å². The molecule has 2 heterocycles. The van der Waals surface area contributed by atoms with Crippen LogP contribution < -0.4 is 10.2 Å². The van der Waals surface area contributed by atoms with Crippen molar-refractivity contribution in [2.45, 2.75) is 86.3 Å². The molecule has 1 unspecified atom stereocenters. The minimum atomic E-state index is -4.76. The number of hydrogen-bond donors (Lipinski definition) is 1. The maximum atomic E-state index is 11.9. The van der Waals surface area contributed by atoms with E-state index in [9.17, 15) is 49.3 Å². The average molecular weight is 842 g/mol. The minimum Gasteiger partial charge on any atom is -0.748 e. The maximum Gasteiger partial charge on any atom is 0.209 e. The summed E-state index contributed by atoms with van der Waals surface area (Å²) in [6, 6.07) is 9.44. The molecule has 0 aromatic heterocycles. The number of nitrogens with zero attached hydrogens (tertiary/aromatic N) is 2. The van der Waals surface area contributed by atoms with E-state index in [0.29, 0.717) is 34.7 Å². The highest BCUT2D eigenvalue weighted by Gasteiger charge is 2.45. The van der Waals surface area contributed by atoms with Gasteiger partial charge in [-0.2, -0.15) is 8.91 Å². The zero-order chi connectivity index (χ0) is 40.7. The molecule has 0 saturated heterocycles. The second kappa shape index (κ2) is 18.5. The minimum absolute atomic E-state index is 0.00111. The number of fused-ring (bicyclic) bond motifs is 2. The molecule has 1 atom stereocenters. The van der Waals surface area contributed by atoms with Crippen molar-refractivity contribution in [2.75, 3.05) is 36.1 Å². The Morgan fingerprint density at radius 3 is 2.18 bits per heavy atom. The van der Waals surface area contributed by atoms with Gasteiger partial charge < -0.3 is 28.9 Å². The number of hydrogen-bond acceptors (Lipinski definition) is 15. The Balaban J connectivity index is 1.74. The Kier molecular flexibility index (Phi) is 15.1. The summed E-state index contributed by atoms with van der Waals surface area (Å²) in [5.74, 6) is -1.16. The van der Waals surface area contributed by atoms with Gasteiger partial charge in [0.25, 0.3) is 0 Å². The van der Waals surface area contributed by atoms with Crippen LogP contribution >= 0.6 is 12.0 Å². The van der Waals surface area contributed by atoms with E-state index < -0.39 is 57.6 Å². The van der Waals surface area contributed by atoms with Gasteiger partial charge in [0.05, 0.1) is 42.6 Å². The lowest BCUT2D eigenvalue weighted by Gasteiger charge is -2.30. The fraction of sp³-hybridized carbons (Fsp3) is 0.472. The SMILES string of the molecule is CC1(C)C(/C=C/C=C/C=C2\N(CCCS(=O)(=O)[O-])c3ccc(SOO[O-])cc3C2(C)CCCCCCO)=[N+](CCCS(=O)(=O)[O-])c2ccc(S(=O)(=O)[O-])cc21. The topological polar surface area (TPSA) is 240 Å². The maximum absolute atomic E-state index is 11.9. The Labute approximate surface area is 327 Å². The summed E-state index contributed by atoms with van der Waals surface area (Å²) < 4.78 is 111. The Morgan fingerprint density at radius 2 is 1.53 bits per heavy atom. The summed E-state index contributed by atoms with van der Waals surface area (Å²) in [4.78, 5) is 2.17. The normalized spacial score (nSPS) is 19.3. The summed E-state index contributed by atoms with van der Waals surface area (Å²) in [6.07, 6.45) is 12.9. The van der Waals surface area contributed by atoms with Gasteiger partial charge in [-0.05, 0) is 82.0 Å². The van der Waals surface area contributed by atoms with Gasteiger partial charge >= 0.3 is 0 Å². The van der Waals surface area contributed by atoms with Crippen molar-refractivity contribution in [3.8, 4) is 0 Å². The second-order valence-corrected chi connectivity index (χ2v) is 19.3. The molecule has 2 aromatic carbocycles. The molecule has 0 bridgehead atoms. The lowest BCUT2D eigenvalue weighted by molar-refractivity contribution is -0.777. The molecular weight excluding hydrogens is 797 g/mol. The van der Waals surface area contributed by atoms with Crippen molar-refractivity contribution in [1.82, 2.24) is 0 Å². The van der Waals surface area contributed by atoms with Gasteiger partial charge in [0.15, 0.2) is 5.71 Å². The molecule has 0 spiro atoms. The second-order valence-electron chi connectivity index (χ2n) is 14.1. The van der Waals surface area contributed by atoms with E-state index in [1.54, 1.807) is 34.9 Å². The molecular formula is C36H45N2O13S4-3. The third kappa shape index (κ3) is 11.6. The van der Waals surface area contributed by atoms with E-state index in [1.807, 2.05) is 37.0 Å². The predicted molar refractivity (Wildman–Crippen MR) is 201 cm³/mol. The summed E-state index contributed by atoms with van der Waals surface area (Å²) in [5.41, 5.74) is 2.85. The molecule has 2 aliphatic rings. The fourth-order valence-electron chi connectivity index (χ4n) is 7.29. The van der Waals surface area contributed by atoms with Crippen LogP contribution in [0.5, 0.6) is 0 Å². The molecule has 2 aliphatic heterocycles. The smallest absolute Gasteiger partial charge is 0.209 e. The van der Waals surface area contributed by atoms with Crippen molar-refractivity contribution in [2.24, 2.45) is 0 Å². The first-order valence-electron chi connectivity index (χ1n) is 17.6. The summed E-state index contributed by atoms with van der Waals surface area (Å²) in [7, 11) is -13.7. The molecule has 19 heteroatoms. The van der Waals surface area contributed by atoms with Crippen LogP contribution in [-0.2, 0) is 50.6 Å². The van der Waals surface area contributed by atoms with E-state index in [1.165, 1.54) is 18.2 Å². The largest absolute Gasteiger partial charge is 0.748 e. The summed E-state index contributed by atoms with van der Waals surface area (Å²) in [6.45, 7) is 6.17. The van der Waals surface area contributed by atoms with Crippen molar-refractivity contribution in [1.29, 1.82) is 0 Å². The highest BCUT2D eigenvalue weighted by Crippen LogP contribution is 2.52. The van der Waals surface area contributed by atoms with Gasteiger partial charge in [0.2, 0.25) is 5.69 Å². The zero-order valence-electron chi connectivity index (χ0n) is 30.7. The van der Waals surface area contributed by atoms with Crippen molar-refractivity contribution in [3.63, 3.8) is 0 Å². The van der Waals surface area contributed by atoms with Gasteiger partial charge in [0.1, 0.15) is 16.7 Å². The molecule has 0 fully saturated rings. The summed E-state index contributed by atoms with van der Waals surface area (Å²) >= 11 is 0.744. The van der Waals surface area contributed by atoms with Gasteiger partial charge in [0, 0.05) is 70.5 Å². The number of aliphatic hydroxyl groups excluding tert-OH is 1. The van der Waals surface area contributed by atoms with Crippen LogP contribution in [0.1, 0.15) is 76.8 Å². The molecule has 0 radical (unpaired) electrons. The van der Waals surface area contributed by atoms with Crippen LogP contribution in [0.25, 0.3) is 0 Å². The van der Waals surface area contributed by atoms with E-state index in [-0.39, 0.29) is 32.5 Å². The number of unbranched alkanes of at least 4 members (excludes halogenated alkanes) is 3. The number of anilines is 1. The number of aliphatic hydroxyl groups is 1. The lowest BCUT2D eigenvalue weighted by atomic mass is 9.77. The van der Waals surface area contributed by atoms with Gasteiger partial charge in [-0.1, -0.05) is 37.5 Å². The fourth-order valence-corrected chi connectivity index (χ4v) is 9.15. The molecule has 1 N–H and O–H groups in total. The number of rotatable bonds is 21. The number of benzene rings is 2. The van der Waals surface area contributed by atoms with Gasteiger partial charge in [-0.3, -0.25) is 5.04 Å². The Bertz CT molecular complexity index is 2160. The monoisotopic (exact) mass is 841 g/mol. The zero-order valence-corrected chi connectivity index (χ0v) is 34.0. The first kappa shape index (κ1) is 44.8. The van der Waals surface area contributed by atoms with E-state index in [4.69, 9.17) is 0 Å². The third-order valence-corrected chi connectivity index (χ3v) is 12.9. The molecule has 0 amide bonds. The molecule has 0 saturated carbocycles. The summed E-state index contributed by atoms with van der Waals surface area (Å²) in [5, 5.41) is 23.4. The molecule has 2 aromatic rings. The first-order valence-corrected chi connectivity index (χ1v) is 22.9. The van der Waals surface area contributed by atoms with Crippen LogP contribution in [0, 0.1) is 0 Å². The van der Waals surface area contributed by atoms with E-state index >= 15 is 0 Å². The van der Waals surface area contributed by atoms with Crippen LogP contribution in [0.15, 0.2) is 82.3 Å². The van der Waals surface area contributed by atoms with Crippen LogP contribution in [0.3, 0.4) is 0 Å². The van der Waals surface area contributed by atoms with Crippen molar-refractivity contribution < 1.29 is 63.2 Å². The molecule has 55 heavy (non-hydrogen) atoms. The highest BCUT2D eigenvalue weighted by atomic mass is 32.2. The first-order chi connectivity index (χ1) is 25.7. The standard InChI is InChI=1S/C36H48N2O13S4/c1-35(2)29-26-28(55(47,48)49)16-18-31(29)37(20-11-23-53(41,42)43)33(35)13-7-6-8-14-34-36(3,19-9-4-5-10-22-39)30-25-27(52-51-50-40)15-17-32(30)38(34)21-12-24-54(44,45)46/h6-8,13-18,25-26,39H,4-5,9-12,19-24H2,1-3H3,(H3-,40,41,42,43,44,45,46,47,48,49)/p-3. The number of allylic oxidation sites excluding steroid dienone is 6. The van der Waals surface area contributed by atoms with E-state index in [0.717, 1.165) is 48.3 Å². The van der Waals surface area contributed by atoms with Crippen LogP contribution in [-0.4, -0.2) is 85.5 Å². The quantitative estimate of drug-likeness (QED) is 0.0358. The van der Waals surface area contributed by atoms with Crippen LogP contribution in [0.2, 0.25) is 0 Å². The molecule has 0 aliphatic carbocycles. The predicted octanol–water partition coefficient (Wildman–Crippen LogP) is 3.79. The third-order valence-electron chi connectivity index (χ3n) is 9.89. The van der Waals surface area contributed by atoms with Gasteiger partial charge in [-0.25, -0.2) is 25.3 Å². The molecule has 15 nitrogen and oxygen atoms in total. The van der Waals surface area contributed by atoms with Gasteiger partial charge in [-0.15, -0.1) is 0 Å². The molecule has 4 rings (SSSR count). The van der Waals surface area contributed by atoms with Crippen LogP contribution in [0.4, 0.5) is 11.4 Å².